The maximum atomic E-state index is 8.60. The fraction of sp³-hybridized carbons (Fsp3) is 0.333. The Bertz CT molecular complexity index is 331. The second kappa shape index (κ2) is 8.86. The van der Waals surface area contributed by atoms with Crippen LogP contribution in [0.1, 0.15) is 16.7 Å². The van der Waals surface area contributed by atoms with Crippen molar-refractivity contribution in [3.05, 3.63) is 48.2 Å². The topological polar surface area (TPSA) is 29.5 Å². The third kappa shape index (κ3) is 5.82. The Morgan fingerprint density at radius 2 is 2.00 bits per heavy atom. The van der Waals surface area contributed by atoms with E-state index in [4.69, 9.17) is 29.9 Å². The van der Waals surface area contributed by atoms with Crippen molar-refractivity contribution < 1.29 is 9.84 Å². The summed E-state index contributed by atoms with van der Waals surface area (Å²) >= 11 is -2.11. The van der Waals surface area contributed by atoms with E-state index in [-0.39, 0.29) is 11.4 Å². The van der Waals surface area contributed by atoms with Crippen LogP contribution in [0.5, 0.6) is 0 Å². The molecule has 1 N–H and O–H groups in total. The van der Waals surface area contributed by atoms with Crippen LogP contribution in [0.25, 0.3) is 0 Å². The summed E-state index contributed by atoms with van der Waals surface area (Å²) in [6.07, 6.45) is 4.17. The average molecular weight is 335 g/mol. The van der Waals surface area contributed by atoms with Crippen LogP contribution in [-0.4, -0.2) is 30.8 Å². The molecule has 0 fully saturated rings. The molecule has 1 aromatic carbocycles. The van der Waals surface area contributed by atoms with Gasteiger partial charge in [-0.2, -0.15) is 0 Å². The van der Waals surface area contributed by atoms with Gasteiger partial charge in [0.1, 0.15) is 0 Å². The Labute approximate surface area is 115 Å². The zero-order valence-electron chi connectivity index (χ0n) is 9.35. The van der Waals surface area contributed by atoms with Gasteiger partial charge in [0.15, 0.2) is 0 Å². The summed E-state index contributed by atoms with van der Waals surface area (Å²) in [5.74, 6) is 0. The third-order valence-corrected chi connectivity index (χ3v) is 6.71. The van der Waals surface area contributed by atoms with E-state index in [9.17, 15) is 0 Å². The van der Waals surface area contributed by atoms with Crippen LogP contribution in [0.4, 0.5) is 0 Å². The molecule has 0 saturated heterocycles. The molecule has 1 unspecified atom stereocenters. The van der Waals surface area contributed by atoms with Gasteiger partial charge >= 0.3 is 115 Å². The summed E-state index contributed by atoms with van der Waals surface area (Å²) in [6, 6.07) is 9.93. The van der Waals surface area contributed by atoms with Crippen molar-refractivity contribution in [1.82, 2.24) is 0 Å². The van der Waals surface area contributed by atoms with Gasteiger partial charge < -0.3 is 0 Å². The zero-order chi connectivity index (χ0) is 12.5. The molecule has 0 aliphatic heterocycles. The first-order valence-electron chi connectivity index (χ1n) is 5.37. The molecule has 2 nitrogen and oxygen atoms in total. The second-order valence-corrected chi connectivity index (χ2v) is 11.2. The van der Waals surface area contributed by atoms with Gasteiger partial charge in [-0.1, -0.05) is 0 Å². The SMILES string of the molecule is OCCCO/C=C\[CH](c1ccccc1)[Ge]([Cl])[Cl]. The van der Waals surface area contributed by atoms with E-state index < -0.39 is 12.5 Å². The third-order valence-electron chi connectivity index (χ3n) is 2.18. The molecule has 93 valence electrons. The molecule has 0 aliphatic carbocycles. The van der Waals surface area contributed by atoms with Crippen molar-refractivity contribution >= 4 is 32.5 Å². The molecule has 0 aromatic heterocycles. The van der Waals surface area contributed by atoms with E-state index in [0.29, 0.717) is 13.0 Å². The molecule has 5 heteroatoms. The van der Waals surface area contributed by atoms with Crippen LogP contribution in [0.3, 0.4) is 0 Å². The summed E-state index contributed by atoms with van der Waals surface area (Å²) in [7, 11) is 12.2. The molecule has 1 atom stereocenters. The normalized spacial score (nSPS) is 13.2. The number of rotatable bonds is 7. The number of aliphatic hydroxyl groups is 1. The fourth-order valence-electron chi connectivity index (χ4n) is 1.32. The van der Waals surface area contributed by atoms with E-state index >= 15 is 0 Å². The van der Waals surface area contributed by atoms with Gasteiger partial charge in [-0.15, -0.1) is 0 Å². The van der Waals surface area contributed by atoms with Gasteiger partial charge in [0.05, 0.1) is 0 Å². The minimum atomic E-state index is -2.11. The molecule has 1 rings (SSSR count). The zero-order valence-corrected chi connectivity index (χ0v) is 13.0. The molecule has 0 aliphatic rings. The number of ether oxygens (including phenoxy) is 1. The van der Waals surface area contributed by atoms with E-state index in [1.54, 1.807) is 6.26 Å². The van der Waals surface area contributed by atoms with Gasteiger partial charge in [-0.3, -0.25) is 0 Å². The fourth-order valence-corrected chi connectivity index (χ4v) is 4.79. The van der Waals surface area contributed by atoms with Crippen molar-refractivity contribution in [3.63, 3.8) is 0 Å². The van der Waals surface area contributed by atoms with E-state index in [2.05, 4.69) is 0 Å². The van der Waals surface area contributed by atoms with Crippen LogP contribution in [0, 0.1) is 0 Å². The van der Waals surface area contributed by atoms with E-state index in [1.165, 1.54) is 0 Å². The molecule has 0 amide bonds. The Balaban J connectivity index is 2.55. The summed E-state index contributed by atoms with van der Waals surface area (Å²) in [5, 5.41) is 8.60. The van der Waals surface area contributed by atoms with Gasteiger partial charge in [0.2, 0.25) is 0 Å². The first kappa shape index (κ1) is 14.9. The Kier molecular flexibility index (Phi) is 7.77. The summed E-state index contributed by atoms with van der Waals surface area (Å²) < 4.78 is 5.32. The van der Waals surface area contributed by atoms with Crippen LogP contribution >= 0.6 is 20.0 Å². The number of aliphatic hydroxyl groups excluding tert-OH is 1. The van der Waals surface area contributed by atoms with Crippen LogP contribution in [0.2, 0.25) is 0 Å². The van der Waals surface area contributed by atoms with Crippen molar-refractivity contribution in [2.75, 3.05) is 13.2 Å². The van der Waals surface area contributed by atoms with Crippen molar-refractivity contribution in [2.45, 2.75) is 11.2 Å². The average Bonchev–Trinajstić information content (AvgIpc) is 2.34. The number of halogens is 2. The molecule has 0 saturated carbocycles. The summed E-state index contributed by atoms with van der Waals surface area (Å²) in [5.41, 5.74) is 1.12. The number of hydrogen-bond acceptors (Lipinski definition) is 2. The Morgan fingerprint density at radius 1 is 1.29 bits per heavy atom. The van der Waals surface area contributed by atoms with Crippen LogP contribution in [0.15, 0.2) is 42.7 Å². The molecular weight excluding hydrogens is 320 g/mol. The summed E-state index contributed by atoms with van der Waals surface area (Å²) in [6.45, 7) is 0.647. The monoisotopic (exact) mass is 335 g/mol. The molecule has 0 spiro atoms. The standard InChI is InChI=1S/C12H15Cl2GeO2/c13-15(14)12(7-10-17-9-4-8-16)11-5-2-1-3-6-11/h1-3,5-7,10,12,16H,4,8-9H2/b10-7-. The first-order chi connectivity index (χ1) is 8.25. The molecule has 0 bridgehead atoms. The number of allylic oxidation sites excluding steroid dienone is 1. The first-order valence-corrected chi connectivity index (χ1v) is 12.1. The van der Waals surface area contributed by atoms with Crippen molar-refractivity contribution in [2.24, 2.45) is 0 Å². The van der Waals surface area contributed by atoms with Crippen molar-refractivity contribution in [3.8, 4) is 0 Å². The number of benzene rings is 1. The predicted molar refractivity (Wildman–Crippen MR) is 73.4 cm³/mol. The van der Waals surface area contributed by atoms with Gasteiger partial charge in [-0.05, 0) is 0 Å². The molecule has 0 heterocycles. The quantitative estimate of drug-likeness (QED) is 0.471. The Hall–Kier alpha value is -0.157. The maximum absolute atomic E-state index is 8.60. The van der Waals surface area contributed by atoms with Gasteiger partial charge in [0, 0.05) is 0 Å². The molecule has 1 aromatic rings. The van der Waals surface area contributed by atoms with Gasteiger partial charge in [-0.25, -0.2) is 0 Å². The predicted octanol–water partition coefficient (Wildman–Crippen LogP) is 3.19. The van der Waals surface area contributed by atoms with E-state index in [0.717, 1.165) is 5.56 Å². The summed E-state index contributed by atoms with van der Waals surface area (Å²) in [4.78, 5) is 0. The van der Waals surface area contributed by atoms with Crippen molar-refractivity contribution in [1.29, 1.82) is 0 Å². The molecule has 1 radical (unpaired) electrons. The van der Waals surface area contributed by atoms with Crippen LogP contribution in [-0.2, 0) is 4.74 Å². The second-order valence-electron chi connectivity index (χ2n) is 3.45. The van der Waals surface area contributed by atoms with Gasteiger partial charge in [0.25, 0.3) is 0 Å². The van der Waals surface area contributed by atoms with E-state index in [1.807, 2.05) is 36.4 Å². The Morgan fingerprint density at radius 3 is 2.59 bits per heavy atom. The molecular formula is C12H15Cl2GeO2. The van der Waals surface area contributed by atoms with Crippen LogP contribution < -0.4 is 0 Å². The molecule has 17 heavy (non-hydrogen) atoms. The number of hydrogen-bond donors (Lipinski definition) is 1. The minimum absolute atomic E-state index is 0.0775.